The van der Waals surface area contributed by atoms with Crippen LogP contribution in [-0.2, 0) is 4.74 Å². The molecule has 5 nitrogen and oxygen atoms in total. The fraction of sp³-hybridized carbons (Fsp3) is 0.417. The predicted octanol–water partition coefficient (Wildman–Crippen LogP) is 1.89. The van der Waals surface area contributed by atoms with Crippen LogP contribution in [0.1, 0.15) is 17.3 Å². The largest absolute Gasteiger partial charge is 0.493 e. The summed E-state index contributed by atoms with van der Waals surface area (Å²) in [4.78, 5) is 11.6. The minimum Gasteiger partial charge on any atom is -0.493 e. The lowest BCUT2D eigenvalue weighted by atomic mass is 10.1. The SMILES string of the molecule is CCOc1c(C(=O)OC)ccc(OC)c1OC. The van der Waals surface area contributed by atoms with E-state index in [-0.39, 0.29) is 0 Å². The lowest BCUT2D eigenvalue weighted by molar-refractivity contribution is 0.0595. The second-order valence-electron chi connectivity index (χ2n) is 3.10. The standard InChI is InChI=1S/C12H16O5/c1-5-17-10-8(12(13)16-4)6-7-9(14-2)11(10)15-3/h6-7H,5H2,1-4H3. The van der Waals surface area contributed by atoms with Gasteiger partial charge in [0, 0.05) is 0 Å². The van der Waals surface area contributed by atoms with E-state index in [4.69, 9.17) is 14.2 Å². The zero-order valence-corrected chi connectivity index (χ0v) is 10.4. The maximum atomic E-state index is 11.6. The van der Waals surface area contributed by atoms with Gasteiger partial charge in [-0.15, -0.1) is 0 Å². The maximum Gasteiger partial charge on any atom is 0.341 e. The highest BCUT2D eigenvalue weighted by Gasteiger charge is 2.21. The number of ether oxygens (including phenoxy) is 4. The summed E-state index contributed by atoms with van der Waals surface area (Å²) in [5, 5.41) is 0. The number of carbonyl (C=O) groups is 1. The van der Waals surface area contributed by atoms with Gasteiger partial charge < -0.3 is 18.9 Å². The van der Waals surface area contributed by atoms with E-state index in [0.717, 1.165) is 0 Å². The highest BCUT2D eigenvalue weighted by atomic mass is 16.5. The third-order valence-corrected chi connectivity index (χ3v) is 2.19. The Morgan fingerprint density at radius 3 is 2.29 bits per heavy atom. The highest BCUT2D eigenvalue weighted by Crippen LogP contribution is 2.40. The smallest absolute Gasteiger partial charge is 0.341 e. The molecule has 0 aromatic heterocycles. The molecule has 0 amide bonds. The van der Waals surface area contributed by atoms with Gasteiger partial charge in [0.25, 0.3) is 0 Å². The maximum absolute atomic E-state index is 11.6. The molecule has 0 spiro atoms. The van der Waals surface area contributed by atoms with Gasteiger partial charge in [0.1, 0.15) is 5.56 Å². The molecule has 0 atom stereocenters. The van der Waals surface area contributed by atoms with Gasteiger partial charge in [-0.05, 0) is 19.1 Å². The Hall–Kier alpha value is -1.91. The molecule has 1 aromatic carbocycles. The Bertz CT molecular complexity index is 400. The summed E-state index contributed by atoms with van der Waals surface area (Å²) in [6.45, 7) is 2.23. The van der Waals surface area contributed by atoms with Crippen molar-refractivity contribution < 1.29 is 23.7 Å². The molecular weight excluding hydrogens is 224 g/mol. The molecule has 0 heterocycles. The van der Waals surface area contributed by atoms with E-state index >= 15 is 0 Å². The molecule has 0 saturated heterocycles. The molecule has 0 saturated carbocycles. The quantitative estimate of drug-likeness (QED) is 0.735. The predicted molar refractivity (Wildman–Crippen MR) is 62.1 cm³/mol. The number of hydrogen-bond donors (Lipinski definition) is 0. The van der Waals surface area contributed by atoms with Gasteiger partial charge in [-0.3, -0.25) is 0 Å². The van der Waals surface area contributed by atoms with E-state index in [1.165, 1.54) is 21.3 Å². The molecule has 0 unspecified atom stereocenters. The Morgan fingerprint density at radius 2 is 1.82 bits per heavy atom. The van der Waals surface area contributed by atoms with Gasteiger partial charge in [-0.2, -0.15) is 0 Å². The molecule has 0 aliphatic rings. The van der Waals surface area contributed by atoms with Crippen LogP contribution in [0.4, 0.5) is 0 Å². The topological polar surface area (TPSA) is 54.0 Å². The first-order valence-electron chi connectivity index (χ1n) is 5.15. The van der Waals surface area contributed by atoms with Gasteiger partial charge in [0.15, 0.2) is 11.5 Å². The normalized spacial score (nSPS) is 9.65. The van der Waals surface area contributed by atoms with Crippen molar-refractivity contribution in [1.82, 2.24) is 0 Å². The number of hydrogen-bond acceptors (Lipinski definition) is 5. The number of rotatable bonds is 5. The Morgan fingerprint density at radius 1 is 1.12 bits per heavy atom. The number of carbonyl (C=O) groups excluding carboxylic acids is 1. The average Bonchev–Trinajstić information content (AvgIpc) is 2.37. The second-order valence-corrected chi connectivity index (χ2v) is 3.10. The Balaban J connectivity index is 3.35. The zero-order chi connectivity index (χ0) is 12.8. The summed E-state index contributed by atoms with van der Waals surface area (Å²) in [5.41, 5.74) is 0.312. The third-order valence-electron chi connectivity index (χ3n) is 2.19. The summed E-state index contributed by atoms with van der Waals surface area (Å²) < 4.78 is 20.4. The Labute approximate surface area is 100 Å². The van der Waals surface area contributed by atoms with Crippen molar-refractivity contribution in [2.45, 2.75) is 6.92 Å². The van der Waals surface area contributed by atoms with Crippen molar-refractivity contribution in [1.29, 1.82) is 0 Å². The lowest BCUT2D eigenvalue weighted by Gasteiger charge is -2.15. The summed E-state index contributed by atoms with van der Waals surface area (Å²) >= 11 is 0. The molecule has 1 rings (SSSR count). The molecule has 17 heavy (non-hydrogen) atoms. The number of benzene rings is 1. The van der Waals surface area contributed by atoms with Crippen molar-refractivity contribution in [3.05, 3.63) is 17.7 Å². The van der Waals surface area contributed by atoms with Gasteiger partial charge >= 0.3 is 5.97 Å². The first kappa shape index (κ1) is 13.2. The van der Waals surface area contributed by atoms with E-state index in [0.29, 0.717) is 29.4 Å². The monoisotopic (exact) mass is 240 g/mol. The first-order chi connectivity index (χ1) is 8.19. The summed E-state index contributed by atoms with van der Waals surface area (Å²) in [5.74, 6) is 0.747. The number of esters is 1. The zero-order valence-electron chi connectivity index (χ0n) is 10.4. The van der Waals surface area contributed by atoms with Crippen LogP contribution < -0.4 is 14.2 Å². The molecule has 0 bridgehead atoms. The van der Waals surface area contributed by atoms with E-state index < -0.39 is 5.97 Å². The fourth-order valence-corrected chi connectivity index (χ4v) is 1.46. The molecule has 5 heteroatoms. The van der Waals surface area contributed by atoms with Crippen LogP contribution in [0.25, 0.3) is 0 Å². The summed E-state index contributed by atoms with van der Waals surface area (Å²) in [7, 11) is 4.32. The van der Waals surface area contributed by atoms with Gasteiger partial charge in [-0.1, -0.05) is 0 Å². The van der Waals surface area contributed by atoms with E-state index in [1.54, 1.807) is 12.1 Å². The minimum atomic E-state index is -0.477. The molecule has 0 radical (unpaired) electrons. The molecule has 0 N–H and O–H groups in total. The van der Waals surface area contributed by atoms with Crippen LogP contribution in [0.15, 0.2) is 12.1 Å². The van der Waals surface area contributed by atoms with Crippen LogP contribution in [0.3, 0.4) is 0 Å². The third kappa shape index (κ3) is 2.61. The van der Waals surface area contributed by atoms with Gasteiger partial charge in [-0.25, -0.2) is 4.79 Å². The minimum absolute atomic E-state index is 0.312. The van der Waals surface area contributed by atoms with E-state index in [1.807, 2.05) is 6.92 Å². The van der Waals surface area contributed by atoms with Crippen LogP contribution in [0, 0.1) is 0 Å². The molecule has 94 valence electrons. The lowest BCUT2D eigenvalue weighted by Crippen LogP contribution is -2.07. The van der Waals surface area contributed by atoms with Crippen molar-refractivity contribution in [3.63, 3.8) is 0 Å². The highest BCUT2D eigenvalue weighted by molar-refractivity contribution is 5.94. The average molecular weight is 240 g/mol. The Kier molecular flexibility index (Phi) is 4.63. The van der Waals surface area contributed by atoms with E-state index in [9.17, 15) is 4.79 Å². The second kappa shape index (κ2) is 5.98. The van der Waals surface area contributed by atoms with Crippen LogP contribution in [0.5, 0.6) is 17.2 Å². The van der Waals surface area contributed by atoms with Crippen molar-refractivity contribution in [2.75, 3.05) is 27.9 Å². The first-order valence-corrected chi connectivity index (χ1v) is 5.15. The van der Waals surface area contributed by atoms with Crippen LogP contribution in [0.2, 0.25) is 0 Å². The molecule has 0 aliphatic carbocycles. The van der Waals surface area contributed by atoms with Crippen LogP contribution >= 0.6 is 0 Å². The van der Waals surface area contributed by atoms with Crippen molar-refractivity contribution in [2.24, 2.45) is 0 Å². The molecule has 0 aliphatic heterocycles. The van der Waals surface area contributed by atoms with Crippen molar-refractivity contribution in [3.8, 4) is 17.2 Å². The van der Waals surface area contributed by atoms with Gasteiger partial charge in [0.2, 0.25) is 5.75 Å². The molecular formula is C12H16O5. The van der Waals surface area contributed by atoms with E-state index in [2.05, 4.69) is 4.74 Å². The van der Waals surface area contributed by atoms with Gasteiger partial charge in [0.05, 0.1) is 27.9 Å². The van der Waals surface area contributed by atoms with Crippen LogP contribution in [-0.4, -0.2) is 33.9 Å². The fourth-order valence-electron chi connectivity index (χ4n) is 1.46. The summed E-state index contributed by atoms with van der Waals surface area (Å²) in [6, 6.07) is 3.21. The molecule has 1 aromatic rings. The van der Waals surface area contributed by atoms with Crippen molar-refractivity contribution >= 4 is 5.97 Å². The molecule has 0 fully saturated rings. The number of methoxy groups -OCH3 is 3. The summed E-state index contributed by atoms with van der Waals surface area (Å²) in [6.07, 6.45) is 0.